The highest BCUT2D eigenvalue weighted by atomic mass is 16.7. The largest absolute Gasteiger partial charge is 0.493 e. The molecule has 6 aromatic carbocycles. The van der Waals surface area contributed by atoms with Crippen molar-refractivity contribution in [3.63, 3.8) is 0 Å². The van der Waals surface area contributed by atoms with Crippen molar-refractivity contribution in [1.29, 1.82) is 0 Å². The van der Waals surface area contributed by atoms with Gasteiger partial charge in [0.25, 0.3) is 0 Å². The van der Waals surface area contributed by atoms with Crippen LogP contribution in [0.15, 0.2) is 122 Å². The van der Waals surface area contributed by atoms with Crippen LogP contribution in [0.1, 0.15) is 38.9 Å². The smallest absolute Gasteiger partial charge is 0.336 e. The lowest BCUT2D eigenvalue weighted by atomic mass is 10.1. The summed E-state index contributed by atoms with van der Waals surface area (Å²) in [7, 11) is 9.77. The number of hydrogen-bond donors (Lipinski definition) is 0. The molecule has 0 spiro atoms. The lowest BCUT2D eigenvalue weighted by Crippen LogP contribution is -2.31. The Morgan fingerprint density at radius 3 is 1.35 bits per heavy atom. The Bertz CT molecular complexity index is 3600. The number of aryl methyl sites for hydroxylation is 2. The SMILES string of the molecule is COc1ccc(CN2COc3cc4c(cc3C2)OCO4)cc1OC.COc1ccc(CN2COc3cc4oc(=O)cc(C)c4cc3C2)cc1OC.COc1ccc(N2COc3cc4oc(=O)cc(C)c4cc3C2)cc1OC. The predicted octanol–water partition coefficient (Wildman–Crippen LogP) is 9.73. The van der Waals surface area contributed by atoms with Crippen molar-refractivity contribution in [3.05, 3.63) is 163 Å². The van der Waals surface area contributed by atoms with Gasteiger partial charge >= 0.3 is 11.3 Å². The van der Waals surface area contributed by atoms with Crippen molar-refractivity contribution < 1.29 is 60.9 Å². The number of anilines is 1. The predicted molar refractivity (Wildman–Crippen MR) is 287 cm³/mol. The molecule has 77 heavy (non-hydrogen) atoms. The molecule has 18 nitrogen and oxygen atoms in total. The number of benzene rings is 6. The van der Waals surface area contributed by atoms with Gasteiger partial charge in [-0.1, -0.05) is 12.1 Å². The fourth-order valence-electron chi connectivity index (χ4n) is 9.68. The van der Waals surface area contributed by atoms with Gasteiger partial charge in [-0.2, -0.15) is 0 Å². The van der Waals surface area contributed by atoms with Crippen molar-refractivity contribution in [2.75, 3.05) is 74.5 Å². The van der Waals surface area contributed by atoms with Crippen molar-refractivity contribution >= 4 is 27.6 Å². The Labute approximate surface area is 444 Å². The zero-order valence-corrected chi connectivity index (χ0v) is 44.1. The Kier molecular flexibility index (Phi) is 15.2. The normalized spacial score (nSPS) is 14.2. The van der Waals surface area contributed by atoms with Crippen LogP contribution in [0, 0.1) is 13.8 Å². The van der Waals surface area contributed by atoms with E-state index in [0.29, 0.717) is 60.9 Å². The molecule has 8 aromatic rings. The van der Waals surface area contributed by atoms with Crippen molar-refractivity contribution in [2.24, 2.45) is 0 Å². The maximum absolute atomic E-state index is 11.6. The van der Waals surface area contributed by atoms with Crippen LogP contribution in [-0.4, -0.2) is 79.4 Å². The van der Waals surface area contributed by atoms with Gasteiger partial charge < -0.3 is 65.8 Å². The molecule has 0 bridgehead atoms. The number of methoxy groups -OCH3 is 6. The molecule has 400 valence electrons. The highest BCUT2D eigenvalue weighted by Crippen LogP contribution is 2.41. The number of fused-ring (bicyclic) bond motifs is 6. The van der Waals surface area contributed by atoms with Gasteiger partial charge in [0.2, 0.25) is 6.79 Å². The molecular formula is C59H59N3O15. The minimum atomic E-state index is -0.349. The fourth-order valence-corrected chi connectivity index (χ4v) is 9.68. The Hall–Kier alpha value is -8.74. The van der Waals surface area contributed by atoms with E-state index in [-0.39, 0.29) is 18.0 Å². The quantitative estimate of drug-likeness (QED) is 0.112. The summed E-state index contributed by atoms with van der Waals surface area (Å²) in [5, 5.41) is 1.85. The van der Waals surface area contributed by atoms with Crippen LogP contribution >= 0.6 is 0 Å². The molecule has 0 aliphatic carbocycles. The van der Waals surface area contributed by atoms with Crippen molar-refractivity contribution in [1.82, 2.24) is 9.80 Å². The molecule has 18 heteroatoms. The minimum absolute atomic E-state index is 0.271. The summed E-state index contributed by atoms with van der Waals surface area (Å²) in [5.41, 5.74) is 8.66. The van der Waals surface area contributed by atoms with Gasteiger partial charge in [0.05, 0.1) is 42.7 Å². The summed E-state index contributed by atoms with van der Waals surface area (Å²) in [4.78, 5) is 29.7. The summed E-state index contributed by atoms with van der Waals surface area (Å²) in [6.07, 6.45) is 0. The zero-order valence-electron chi connectivity index (χ0n) is 44.1. The standard InChI is InChI=1S/C21H21NO5.C20H19NO5.C18H19NO5/c1-13-6-21(23)27-19-9-18-15(8-16(13)19)11-22(12-26-18)10-14-4-5-17(24-2)20(7-14)25-3;1-12-6-20(22)26-18-9-17-13(7-15(12)18)10-21(11-25-17)14-4-5-16(23-2)19(8-14)24-3;1-20-14-4-3-12(5-16(14)21-2)8-19-9-13-6-17-18(24-11-23-17)7-15(13)22-10-19/h4-9H,10-12H2,1-3H3;4-9H,10-11H2,1-3H3;3-7H,8-11H2,1-2H3. The first-order valence-electron chi connectivity index (χ1n) is 24.7. The van der Waals surface area contributed by atoms with E-state index in [1.165, 1.54) is 12.1 Å². The molecule has 0 saturated heterocycles. The van der Waals surface area contributed by atoms with Gasteiger partial charge in [0.1, 0.15) is 41.9 Å². The highest BCUT2D eigenvalue weighted by Gasteiger charge is 2.25. The maximum atomic E-state index is 11.6. The van der Waals surface area contributed by atoms with Crippen molar-refractivity contribution in [3.8, 4) is 63.2 Å². The average Bonchev–Trinajstić information content (AvgIpc) is 3.95. The topological polar surface area (TPSA) is 172 Å². The highest BCUT2D eigenvalue weighted by molar-refractivity contribution is 5.84. The third kappa shape index (κ3) is 11.3. The summed E-state index contributed by atoms with van der Waals surface area (Å²) in [5.74, 6) is 8.15. The van der Waals surface area contributed by atoms with E-state index in [1.54, 1.807) is 48.7 Å². The molecule has 0 atom stereocenters. The fraction of sp³-hybridized carbons (Fsp3) is 0.288. The number of nitrogens with zero attached hydrogens (tertiary/aromatic N) is 3. The molecule has 6 heterocycles. The first-order valence-corrected chi connectivity index (χ1v) is 24.7. The van der Waals surface area contributed by atoms with E-state index >= 15 is 0 Å². The van der Waals surface area contributed by atoms with Gasteiger partial charge in [-0.3, -0.25) is 9.80 Å². The summed E-state index contributed by atoms with van der Waals surface area (Å²) in [6, 6.07) is 32.2. The molecule has 0 unspecified atom stereocenters. The van der Waals surface area contributed by atoms with Crippen LogP contribution in [0.5, 0.6) is 63.2 Å². The van der Waals surface area contributed by atoms with E-state index in [4.69, 9.17) is 60.9 Å². The Morgan fingerprint density at radius 2 is 0.844 bits per heavy atom. The number of hydrogen-bond acceptors (Lipinski definition) is 18. The molecular weight excluding hydrogens is 991 g/mol. The lowest BCUT2D eigenvalue weighted by molar-refractivity contribution is 0.0884. The molecule has 0 amide bonds. The van der Waals surface area contributed by atoms with E-state index < -0.39 is 0 Å². The maximum Gasteiger partial charge on any atom is 0.336 e. The second-order valence-corrected chi connectivity index (χ2v) is 18.6. The van der Waals surface area contributed by atoms with Crippen LogP contribution in [0.3, 0.4) is 0 Å². The minimum Gasteiger partial charge on any atom is -0.493 e. The summed E-state index contributed by atoms with van der Waals surface area (Å²) in [6.45, 7) is 9.17. The van der Waals surface area contributed by atoms with Gasteiger partial charge in [0, 0.05) is 102 Å². The van der Waals surface area contributed by atoms with E-state index in [1.807, 2.05) is 98.8 Å². The van der Waals surface area contributed by atoms with Gasteiger partial charge in [-0.05, 0) is 90.7 Å². The van der Waals surface area contributed by atoms with Crippen LogP contribution < -0.4 is 68.3 Å². The van der Waals surface area contributed by atoms with Gasteiger partial charge in [-0.25, -0.2) is 9.59 Å². The molecule has 4 aliphatic heterocycles. The first kappa shape index (κ1) is 51.7. The molecule has 0 radical (unpaired) electrons. The second kappa shape index (κ2) is 22.6. The molecule has 0 saturated carbocycles. The van der Waals surface area contributed by atoms with E-state index in [0.717, 1.165) is 122 Å². The average molecular weight is 1050 g/mol. The lowest BCUT2D eigenvalue weighted by Gasteiger charge is -2.31. The Balaban J connectivity index is 0.000000131. The number of rotatable bonds is 11. The van der Waals surface area contributed by atoms with E-state index in [2.05, 4.69) is 14.7 Å². The van der Waals surface area contributed by atoms with Gasteiger partial charge in [0.15, 0.2) is 52.7 Å². The van der Waals surface area contributed by atoms with Crippen LogP contribution in [-0.2, 0) is 32.7 Å². The molecule has 4 aliphatic rings. The molecule has 2 aromatic heterocycles. The monoisotopic (exact) mass is 1050 g/mol. The van der Waals surface area contributed by atoms with Gasteiger partial charge in [-0.15, -0.1) is 0 Å². The van der Waals surface area contributed by atoms with Crippen LogP contribution in [0.2, 0.25) is 0 Å². The first-order chi connectivity index (χ1) is 37.4. The third-order valence-electron chi connectivity index (χ3n) is 13.6. The second-order valence-electron chi connectivity index (χ2n) is 18.6. The summed E-state index contributed by atoms with van der Waals surface area (Å²) >= 11 is 0. The van der Waals surface area contributed by atoms with Crippen LogP contribution in [0.4, 0.5) is 5.69 Å². The number of ether oxygens (including phenoxy) is 11. The summed E-state index contributed by atoms with van der Waals surface area (Å²) < 4.78 is 71.1. The van der Waals surface area contributed by atoms with Crippen LogP contribution in [0.25, 0.3) is 21.9 Å². The van der Waals surface area contributed by atoms with E-state index in [9.17, 15) is 9.59 Å². The molecule has 12 rings (SSSR count). The molecule has 0 fully saturated rings. The van der Waals surface area contributed by atoms with Crippen molar-refractivity contribution in [2.45, 2.75) is 46.6 Å². The molecule has 0 N–H and O–H groups in total. The zero-order chi connectivity index (χ0) is 53.7. The third-order valence-corrected chi connectivity index (χ3v) is 13.6. The Morgan fingerprint density at radius 1 is 0.416 bits per heavy atom.